The van der Waals surface area contributed by atoms with Gasteiger partial charge in [0.15, 0.2) is 5.96 Å². The van der Waals surface area contributed by atoms with Gasteiger partial charge in [-0.25, -0.2) is 9.67 Å². The van der Waals surface area contributed by atoms with Crippen LogP contribution in [0, 0.1) is 6.92 Å². The Morgan fingerprint density at radius 3 is 3.24 bits per heavy atom. The number of furan rings is 1. The van der Waals surface area contributed by atoms with E-state index >= 15 is 0 Å². The third kappa shape index (κ3) is 4.82. The molecule has 8 nitrogen and oxygen atoms in total. The predicted octanol–water partition coefficient (Wildman–Crippen LogP) is 1.44. The van der Waals surface area contributed by atoms with Crippen LogP contribution in [0.4, 0.5) is 0 Å². The molecule has 0 radical (unpaired) electrons. The van der Waals surface area contributed by atoms with Crippen LogP contribution in [0.15, 0.2) is 27.8 Å². The summed E-state index contributed by atoms with van der Waals surface area (Å²) in [6, 6.07) is 3.99. The number of nitrogens with one attached hydrogen (secondary N) is 2. The first-order chi connectivity index (χ1) is 12.3. The predicted molar refractivity (Wildman–Crippen MR) is 94.5 cm³/mol. The molecule has 0 fully saturated rings. The monoisotopic (exact) mass is 346 g/mol. The summed E-state index contributed by atoms with van der Waals surface area (Å²) in [4.78, 5) is 9.16. The Bertz CT molecular complexity index is 679. The third-order valence-corrected chi connectivity index (χ3v) is 4.10. The molecule has 0 aliphatic carbocycles. The van der Waals surface area contributed by atoms with Crippen molar-refractivity contribution >= 4 is 5.96 Å². The normalized spacial score (nSPS) is 17.4. The maximum atomic E-state index is 5.37. The number of hydrogen-bond acceptors (Lipinski definition) is 5. The molecule has 1 unspecified atom stereocenters. The summed E-state index contributed by atoms with van der Waals surface area (Å²) in [5, 5.41) is 11.3. The standard InChI is InChI=1S/C17H26N6O2/c1-13-20-16-15(6-3-10-23(16)22-13)21-17(19-9-12-24-2)18-8-7-14-5-4-11-25-14/h4-5,11,15H,3,6-10,12H2,1-2H3,(H2,18,19,21). The number of aliphatic imine (C=N–C) groups is 1. The number of aromatic nitrogens is 3. The van der Waals surface area contributed by atoms with Gasteiger partial charge in [0.05, 0.1) is 25.5 Å². The van der Waals surface area contributed by atoms with E-state index in [2.05, 4.69) is 25.7 Å². The number of fused-ring (bicyclic) bond motifs is 1. The maximum Gasteiger partial charge on any atom is 0.191 e. The van der Waals surface area contributed by atoms with Crippen molar-refractivity contribution in [2.75, 3.05) is 26.8 Å². The number of hydrogen-bond donors (Lipinski definition) is 2. The van der Waals surface area contributed by atoms with Crippen molar-refractivity contribution in [2.45, 2.75) is 38.8 Å². The van der Waals surface area contributed by atoms with Gasteiger partial charge in [-0.05, 0) is 31.9 Å². The highest BCUT2D eigenvalue weighted by Crippen LogP contribution is 2.22. The van der Waals surface area contributed by atoms with E-state index in [9.17, 15) is 0 Å². The van der Waals surface area contributed by atoms with Crippen LogP contribution in [0.5, 0.6) is 0 Å². The summed E-state index contributed by atoms with van der Waals surface area (Å²) in [5.41, 5.74) is 0. The largest absolute Gasteiger partial charge is 0.469 e. The molecule has 0 aromatic carbocycles. The molecule has 1 aliphatic rings. The Kier molecular flexibility index (Phi) is 6.05. The second-order valence-corrected chi connectivity index (χ2v) is 6.06. The van der Waals surface area contributed by atoms with Crippen molar-refractivity contribution in [3.63, 3.8) is 0 Å². The van der Waals surface area contributed by atoms with Crippen molar-refractivity contribution in [1.29, 1.82) is 0 Å². The lowest BCUT2D eigenvalue weighted by Crippen LogP contribution is -2.42. The lowest BCUT2D eigenvalue weighted by molar-refractivity contribution is 0.207. The maximum absolute atomic E-state index is 5.37. The van der Waals surface area contributed by atoms with Gasteiger partial charge in [-0.3, -0.25) is 4.99 Å². The van der Waals surface area contributed by atoms with E-state index in [1.54, 1.807) is 13.4 Å². The van der Waals surface area contributed by atoms with Gasteiger partial charge in [-0.15, -0.1) is 0 Å². The minimum absolute atomic E-state index is 0.118. The highest BCUT2D eigenvalue weighted by molar-refractivity contribution is 5.80. The lowest BCUT2D eigenvalue weighted by atomic mass is 10.1. The molecular formula is C17H26N6O2. The first-order valence-corrected chi connectivity index (χ1v) is 8.74. The summed E-state index contributed by atoms with van der Waals surface area (Å²) in [7, 11) is 1.68. The van der Waals surface area contributed by atoms with Crippen molar-refractivity contribution in [3.8, 4) is 0 Å². The SMILES string of the molecule is COCCN=C(NCCc1ccco1)NC1CCCn2nc(C)nc21. The van der Waals surface area contributed by atoms with Crippen molar-refractivity contribution in [2.24, 2.45) is 4.99 Å². The van der Waals surface area contributed by atoms with Crippen LogP contribution >= 0.6 is 0 Å². The highest BCUT2D eigenvalue weighted by atomic mass is 16.5. The van der Waals surface area contributed by atoms with E-state index in [4.69, 9.17) is 9.15 Å². The third-order valence-electron chi connectivity index (χ3n) is 4.10. The Balaban J connectivity index is 1.62. The van der Waals surface area contributed by atoms with Gasteiger partial charge < -0.3 is 19.8 Å². The van der Waals surface area contributed by atoms with Crippen LogP contribution in [-0.2, 0) is 17.7 Å². The molecule has 25 heavy (non-hydrogen) atoms. The van der Waals surface area contributed by atoms with Crippen LogP contribution in [0.1, 0.15) is 36.3 Å². The highest BCUT2D eigenvalue weighted by Gasteiger charge is 2.24. The van der Waals surface area contributed by atoms with Crippen LogP contribution < -0.4 is 10.6 Å². The summed E-state index contributed by atoms with van der Waals surface area (Å²) in [6.45, 7) is 4.79. The topological polar surface area (TPSA) is 89.5 Å². The Hall–Kier alpha value is -2.35. The average Bonchev–Trinajstić information content (AvgIpc) is 3.24. The molecule has 0 bridgehead atoms. The second-order valence-electron chi connectivity index (χ2n) is 6.06. The first-order valence-electron chi connectivity index (χ1n) is 8.74. The Labute approximate surface area is 147 Å². The Morgan fingerprint density at radius 2 is 2.44 bits per heavy atom. The molecule has 0 spiro atoms. The van der Waals surface area contributed by atoms with Gasteiger partial charge in [0.25, 0.3) is 0 Å². The second kappa shape index (κ2) is 8.66. The molecule has 1 aliphatic heterocycles. The minimum Gasteiger partial charge on any atom is -0.469 e. The zero-order valence-corrected chi connectivity index (χ0v) is 14.9. The summed E-state index contributed by atoms with van der Waals surface area (Å²) >= 11 is 0. The van der Waals surface area contributed by atoms with Crippen LogP contribution in [-0.4, -0.2) is 47.5 Å². The summed E-state index contributed by atoms with van der Waals surface area (Å²) < 4.78 is 12.5. The molecule has 2 aromatic heterocycles. The fourth-order valence-corrected chi connectivity index (χ4v) is 2.93. The molecule has 8 heteroatoms. The molecule has 0 saturated heterocycles. The van der Waals surface area contributed by atoms with E-state index in [-0.39, 0.29) is 6.04 Å². The molecule has 0 amide bonds. The van der Waals surface area contributed by atoms with Crippen molar-refractivity contribution in [1.82, 2.24) is 25.4 Å². The van der Waals surface area contributed by atoms with Crippen LogP contribution in [0.25, 0.3) is 0 Å². The van der Waals surface area contributed by atoms with Gasteiger partial charge in [0.1, 0.15) is 17.4 Å². The lowest BCUT2D eigenvalue weighted by Gasteiger charge is -2.25. The summed E-state index contributed by atoms with van der Waals surface area (Å²) in [6.07, 6.45) is 4.59. The molecule has 136 valence electrons. The Morgan fingerprint density at radius 1 is 1.52 bits per heavy atom. The van der Waals surface area contributed by atoms with Gasteiger partial charge in [-0.1, -0.05) is 0 Å². The van der Waals surface area contributed by atoms with Crippen LogP contribution in [0.3, 0.4) is 0 Å². The smallest absolute Gasteiger partial charge is 0.191 e. The number of ether oxygens (including phenoxy) is 1. The van der Waals surface area contributed by atoms with Crippen molar-refractivity contribution < 1.29 is 9.15 Å². The number of methoxy groups -OCH3 is 1. The fraction of sp³-hybridized carbons (Fsp3) is 0.588. The fourth-order valence-electron chi connectivity index (χ4n) is 2.93. The zero-order chi connectivity index (χ0) is 17.5. The van der Waals surface area contributed by atoms with Gasteiger partial charge in [-0.2, -0.15) is 5.10 Å². The average molecular weight is 346 g/mol. The molecule has 3 rings (SSSR count). The van der Waals surface area contributed by atoms with Crippen molar-refractivity contribution in [3.05, 3.63) is 35.8 Å². The molecule has 2 N–H and O–H groups in total. The zero-order valence-electron chi connectivity index (χ0n) is 14.9. The molecule has 2 aromatic rings. The molecule has 1 atom stereocenters. The molecular weight excluding hydrogens is 320 g/mol. The first kappa shape index (κ1) is 17.5. The van der Waals surface area contributed by atoms with Gasteiger partial charge in [0.2, 0.25) is 0 Å². The number of rotatable bonds is 7. The number of nitrogens with zero attached hydrogens (tertiary/aromatic N) is 4. The molecule has 3 heterocycles. The number of aryl methyl sites for hydroxylation is 2. The van der Waals surface area contributed by atoms with E-state index < -0.39 is 0 Å². The van der Waals surface area contributed by atoms with E-state index in [1.165, 1.54) is 0 Å². The van der Waals surface area contributed by atoms with E-state index in [0.29, 0.717) is 13.2 Å². The quantitative estimate of drug-likeness (QED) is 0.448. The summed E-state index contributed by atoms with van der Waals surface area (Å²) in [5.74, 6) is 3.52. The van der Waals surface area contributed by atoms with E-state index in [0.717, 1.165) is 55.7 Å². The number of guanidine groups is 1. The van der Waals surface area contributed by atoms with Gasteiger partial charge in [0, 0.05) is 26.6 Å². The van der Waals surface area contributed by atoms with Crippen LogP contribution in [0.2, 0.25) is 0 Å². The van der Waals surface area contributed by atoms with Gasteiger partial charge >= 0.3 is 0 Å². The van der Waals surface area contributed by atoms with E-state index in [1.807, 2.05) is 23.7 Å². The minimum atomic E-state index is 0.118. The molecule has 0 saturated carbocycles.